The summed E-state index contributed by atoms with van der Waals surface area (Å²) >= 11 is 0. The van der Waals surface area contributed by atoms with Gasteiger partial charge in [-0.1, -0.05) is 19.4 Å². The van der Waals surface area contributed by atoms with E-state index in [0.717, 1.165) is 17.7 Å². The molecule has 0 aromatic carbocycles. The third-order valence-corrected chi connectivity index (χ3v) is 2.28. The van der Waals surface area contributed by atoms with Gasteiger partial charge >= 0.3 is 12.1 Å². The molecule has 0 aliphatic carbocycles. The second-order valence-electron chi connectivity index (χ2n) is 3.76. The van der Waals surface area contributed by atoms with Crippen LogP contribution in [0.2, 0.25) is 0 Å². The van der Waals surface area contributed by atoms with Crippen molar-refractivity contribution in [3.05, 3.63) is 12.7 Å². The predicted octanol–water partition coefficient (Wildman–Crippen LogP) is 1.51. The Kier molecular flexibility index (Phi) is 8.65. The molecule has 0 aliphatic heterocycles. The molecule has 0 heterocycles. The van der Waals surface area contributed by atoms with Crippen molar-refractivity contribution in [1.82, 2.24) is 4.90 Å². The van der Waals surface area contributed by atoms with E-state index in [1.165, 1.54) is 13.1 Å². The molecule has 0 fully saturated rings. The molecule has 0 rings (SSSR count). The standard InChI is InChI=1S/C12H21NO5/c1-4-6-8-18-12(16)13(3)10(11(14)15)9-17-7-5-2/h5,10H,2,4,6-9H2,1,3H3,(H,14,15)/t10-/m1/s1. The molecule has 6 nitrogen and oxygen atoms in total. The number of carbonyl (C=O) groups excluding carboxylic acids is 1. The van der Waals surface area contributed by atoms with Crippen LogP contribution in [0.1, 0.15) is 19.8 Å². The lowest BCUT2D eigenvalue weighted by molar-refractivity contribution is -0.144. The maximum Gasteiger partial charge on any atom is 0.410 e. The van der Waals surface area contributed by atoms with E-state index in [9.17, 15) is 9.59 Å². The number of unbranched alkanes of at least 4 members (excludes halogenated alkanes) is 1. The molecule has 104 valence electrons. The summed E-state index contributed by atoms with van der Waals surface area (Å²) in [4.78, 5) is 23.6. The molecule has 0 aromatic heterocycles. The Hall–Kier alpha value is -1.56. The van der Waals surface area contributed by atoms with Gasteiger partial charge in [0.1, 0.15) is 0 Å². The predicted molar refractivity (Wildman–Crippen MR) is 66.5 cm³/mol. The lowest BCUT2D eigenvalue weighted by Crippen LogP contribution is -2.45. The number of hydrogen-bond acceptors (Lipinski definition) is 4. The van der Waals surface area contributed by atoms with Gasteiger partial charge < -0.3 is 14.6 Å². The summed E-state index contributed by atoms with van der Waals surface area (Å²) in [6.45, 7) is 5.86. The van der Waals surface area contributed by atoms with E-state index < -0.39 is 18.1 Å². The van der Waals surface area contributed by atoms with Crippen molar-refractivity contribution in [2.75, 3.05) is 26.9 Å². The number of rotatable bonds is 9. The van der Waals surface area contributed by atoms with Crippen molar-refractivity contribution in [1.29, 1.82) is 0 Å². The number of carboxylic acid groups (broad SMARTS) is 1. The van der Waals surface area contributed by atoms with E-state index in [-0.39, 0.29) is 13.2 Å². The Morgan fingerprint density at radius 1 is 1.50 bits per heavy atom. The molecule has 0 spiro atoms. The first-order valence-corrected chi connectivity index (χ1v) is 5.85. The highest BCUT2D eigenvalue weighted by atomic mass is 16.6. The Labute approximate surface area is 107 Å². The van der Waals surface area contributed by atoms with Crippen LogP contribution in [0, 0.1) is 0 Å². The number of carboxylic acids is 1. The van der Waals surface area contributed by atoms with E-state index >= 15 is 0 Å². The van der Waals surface area contributed by atoms with E-state index in [1.54, 1.807) is 0 Å². The zero-order valence-electron chi connectivity index (χ0n) is 10.9. The number of amides is 1. The normalized spacial score (nSPS) is 11.7. The van der Waals surface area contributed by atoms with Crippen molar-refractivity contribution in [2.45, 2.75) is 25.8 Å². The van der Waals surface area contributed by atoms with E-state index in [0.29, 0.717) is 6.61 Å². The van der Waals surface area contributed by atoms with Crippen LogP contribution in [0.4, 0.5) is 4.79 Å². The smallest absolute Gasteiger partial charge is 0.410 e. The van der Waals surface area contributed by atoms with Crippen LogP contribution in [0.15, 0.2) is 12.7 Å². The van der Waals surface area contributed by atoms with Gasteiger partial charge in [-0.15, -0.1) is 6.58 Å². The summed E-state index contributed by atoms with van der Waals surface area (Å²) in [6.07, 6.45) is 2.52. The lowest BCUT2D eigenvalue weighted by atomic mass is 10.3. The summed E-state index contributed by atoms with van der Waals surface area (Å²) < 4.78 is 9.98. The largest absolute Gasteiger partial charge is 0.480 e. The molecule has 1 amide bonds. The number of aliphatic carboxylic acids is 1. The van der Waals surface area contributed by atoms with Crippen LogP contribution in [0.3, 0.4) is 0 Å². The molecular formula is C12H21NO5. The number of hydrogen-bond donors (Lipinski definition) is 1. The number of likely N-dealkylation sites (N-methyl/N-ethyl adjacent to an activating group) is 1. The van der Waals surface area contributed by atoms with Crippen molar-refractivity contribution in [2.24, 2.45) is 0 Å². The monoisotopic (exact) mass is 259 g/mol. The van der Waals surface area contributed by atoms with Crippen LogP contribution in [0.25, 0.3) is 0 Å². The third kappa shape index (κ3) is 6.24. The molecule has 0 aromatic rings. The fourth-order valence-corrected chi connectivity index (χ4v) is 1.14. The number of ether oxygens (including phenoxy) is 2. The average molecular weight is 259 g/mol. The van der Waals surface area contributed by atoms with Gasteiger partial charge in [-0.05, 0) is 6.42 Å². The second kappa shape index (κ2) is 9.47. The fourth-order valence-electron chi connectivity index (χ4n) is 1.14. The second-order valence-corrected chi connectivity index (χ2v) is 3.76. The first kappa shape index (κ1) is 16.4. The maximum absolute atomic E-state index is 11.6. The Balaban J connectivity index is 4.27. The molecule has 0 bridgehead atoms. The first-order valence-electron chi connectivity index (χ1n) is 5.85. The van der Waals surface area contributed by atoms with Gasteiger partial charge in [-0.3, -0.25) is 4.90 Å². The van der Waals surface area contributed by atoms with Gasteiger partial charge in [-0.25, -0.2) is 9.59 Å². The van der Waals surface area contributed by atoms with Gasteiger partial charge in [0.05, 0.1) is 19.8 Å². The Morgan fingerprint density at radius 3 is 2.67 bits per heavy atom. The molecular weight excluding hydrogens is 238 g/mol. The van der Waals surface area contributed by atoms with Crippen molar-refractivity contribution >= 4 is 12.1 Å². The quantitative estimate of drug-likeness (QED) is 0.501. The highest BCUT2D eigenvalue weighted by Gasteiger charge is 2.27. The summed E-state index contributed by atoms with van der Waals surface area (Å²) in [5.41, 5.74) is 0. The zero-order chi connectivity index (χ0) is 14.0. The molecule has 0 aliphatic rings. The minimum atomic E-state index is -1.13. The van der Waals surface area contributed by atoms with Gasteiger partial charge in [0.25, 0.3) is 0 Å². The molecule has 0 saturated carbocycles. The molecule has 0 radical (unpaired) electrons. The highest BCUT2D eigenvalue weighted by molar-refractivity contribution is 5.79. The summed E-state index contributed by atoms with van der Waals surface area (Å²) in [5.74, 6) is -1.13. The van der Waals surface area contributed by atoms with E-state index in [1.807, 2.05) is 6.92 Å². The number of nitrogens with zero attached hydrogens (tertiary/aromatic N) is 1. The number of carbonyl (C=O) groups is 2. The average Bonchev–Trinajstić information content (AvgIpc) is 2.33. The maximum atomic E-state index is 11.6. The van der Waals surface area contributed by atoms with Crippen LogP contribution < -0.4 is 0 Å². The van der Waals surface area contributed by atoms with Crippen LogP contribution in [0.5, 0.6) is 0 Å². The van der Waals surface area contributed by atoms with Gasteiger partial charge in [0.15, 0.2) is 6.04 Å². The third-order valence-electron chi connectivity index (χ3n) is 2.28. The molecule has 1 N–H and O–H groups in total. The van der Waals surface area contributed by atoms with Gasteiger partial charge in [0, 0.05) is 7.05 Å². The molecule has 6 heteroatoms. The van der Waals surface area contributed by atoms with Gasteiger partial charge in [0.2, 0.25) is 0 Å². The molecule has 0 saturated heterocycles. The molecule has 0 unspecified atom stereocenters. The van der Waals surface area contributed by atoms with Crippen molar-refractivity contribution in [3.63, 3.8) is 0 Å². The minimum Gasteiger partial charge on any atom is -0.480 e. The molecule has 18 heavy (non-hydrogen) atoms. The van der Waals surface area contributed by atoms with Crippen LogP contribution in [-0.4, -0.2) is 55.0 Å². The minimum absolute atomic E-state index is 0.0965. The molecule has 1 atom stereocenters. The van der Waals surface area contributed by atoms with Gasteiger partial charge in [-0.2, -0.15) is 0 Å². The Morgan fingerprint density at radius 2 is 2.17 bits per heavy atom. The fraction of sp³-hybridized carbons (Fsp3) is 0.667. The van der Waals surface area contributed by atoms with E-state index in [4.69, 9.17) is 14.6 Å². The zero-order valence-corrected chi connectivity index (χ0v) is 10.9. The van der Waals surface area contributed by atoms with E-state index in [2.05, 4.69) is 6.58 Å². The van der Waals surface area contributed by atoms with Crippen molar-refractivity contribution < 1.29 is 24.2 Å². The van der Waals surface area contributed by atoms with Crippen LogP contribution in [-0.2, 0) is 14.3 Å². The summed E-state index contributed by atoms with van der Waals surface area (Å²) in [7, 11) is 1.38. The highest BCUT2D eigenvalue weighted by Crippen LogP contribution is 2.02. The van der Waals surface area contributed by atoms with Crippen molar-refractivity contribution in [3.8, 4) is 0 Å². The SMILES string of the molecule is C=CCOC[C@H](C(=O)O)N(C)C(=O)OCCCC. The topological polar surface area (TPSA) is 76.1 Å². The van der Waals surface area contributed by atoms with Crippen LogP contribution >= 0.6 is 0 Å². The Bertz CT molecular complexity index is 280. The summed E-state index contributed by atoms with van der Waals surface area (Å²) in [6, 6.07) is -1.06. The lowest BCUT2D eigenvalue weighted by Gasteiger charge is -2.23. The first-order chi connectivity index (χ1) is 8.54. The summed E-state index contributed by atoms with van der Waals surface area (Å²) in [5, 5.41) is 9.01.